The molecule has 5 nitrogen and oxygen atoms in total. The van der Waals surface area contributed by atoms with E-state index >= 15 is 0 Å². The summed E-state index contributed by atoms with van der Waals surface area (Å²) in [5.74, 6) is 0.906. The number of aryl methyl sites for hydroxylation is 1. The molecule has 0 amide bonds. The third-order valence-electron chi connectivity index (χ3n) is 2.56. The monoisotopic (exact) mass is 241 g/mol. The summed E-state index contributed by atoms with van der Waals surface area (Å²) in [6.07, 6.45) is 3.00. The van der Waals surface area contributed by atoms with Gasteiger partial charge >= 0.3 is 0 Å². The van der Waals surface area contributed by atoms with E-state index in [0.29, 0.717) is 12.6 Å². The zero-order valence-corrected chi connectivity index (χ0v) is 11.2. The number of hydrogen-bond donors (Lipinski definition) is 1. The Morgan fingerprint density at radius 3 is 2.71 bits per heavy atom. The molecule has 1 heterocycles. The predicted molar refractivity (Wildman–Crippen MR) is 68.4 cm³/mol. The summed E-state index contributed by atoms with van der Waals surface area (Å²) < 4.78 is 12.2. The topological polar surface area (TPSA) is 48.3 Å². The van der Waals surface area contributed by atoms with E-state index in [1.54, 1.807) is 14.2 Å². The summed E-state index contributed by atoms with van der Waals surface area (Å²) in [5, 5.41) is 3.39. The molecule has 0 bridgehead atoms. The molecule has 1 aromatic heterocycles. The van der Waals surface area contributed by atoms with Gasteiger partial charge < -0.3 is 19.4 Å². The Kier molecular flexibility index (Phi) is 6.00. The molecule has 1 aromatic rings. The van der Waals surface area contributed by atoms with Gasteiger partial charge in [-0.2, -0.15) is 0 Å². The predicted octanol–water partition coefficient (Wildman–Crippen LogP) is 1.67. The molecular weight excluding hydrogens is 218 g/mol. The minimum Gasteiger partial charge on any atom is -0.385 e. The molecule has 1 atom stereocenters. The number of ether oxygens (including phenoxy) is 2. The number of imidazole rings is 1. The number of rotatable bonds is 8. The van der Waals surface area contributed by atoms with Crippen molar-refractivity contribution in [1.29, 1.82) is 0 Å². The van der Waals surface area contributed by atoms with Gasteiger partial charge in [0.25, 0.3) is 0 Å². The van der Waals surface area contributed by atoms with E-state index < -0.39 is 0 Å². The molecule has 5 heteroatoms. The fourth-order valence-electron chi connectivity index (χ4n) is 1.61. The van der Waals surface area contributed by atoms with Gasteiger partial charge in [0, 0.05) is 39.6 Å². The fourth-order valence-corrected chi connectivity index (χ4v) is 1.61. The Balaban J connectivity index is 2.55. The first-order chi connectivity index (χ1) is 8.17. The molecule has 0 aromatic carbocycles. The van der Waals surface area contributed by atoms with Crippen LogP contribution in [0.25, 0.3) is 0 Å². The summed E-state index contributed by atoms with van der Waals surface area (Å²) in [6.45, 7) is 6.39. The second kappa shape index (κ2) is 7.29. The van der Waals surface area contributed by atoms with Crippen LogP contribution in [0.3, 0.4) is 0 Å². The number of nitrogens with zero attached hydrogens (tertiary/aromatic N) is 2. The molecule has 17 heavy (non-hydrogen) atoms. The molecule has 1 unspecified atom stereocenters. The van der Waals surface area contributed by atoms with Crippen LogP contribution in [0.5, 0.6) is 0 Å². The minimum absolute atomic E-state index is 0.345. The van der Waals surface area contributed by atoms with Crippen molar-refractivity contribution in [3.05, 3.63) is 11.9 Å². The van der Waals surface area contributed by atoms with E-state index in [9.17, 15) is 0 Å². The fraction of sp³-hybridized carbons (Fsp3) is 0.750. The Bertz CT molecular complexity index is 326. The van der Waals surface area contributed by atoms with Crippen LogP contribution in [-0.2, 0) is 16.0 Å². The van der Waals surface area contributed by atoms with Gasteiger partial charge in [-0.3, -0.25) is 0 Å². The van der Waals surface area contributed by atoms with Crippen molar-refractivity contribution in [2.75, 3.05) is 32.8 Å². The highest BCUT2D eigenvalue weighted by Gasteiger charge is 2.08. The molecule has 0 saturated carbocycles. The van der Waals surface area contributed by atoms with E-state index in [0.717, 1.165) is 31.2 Å². The molecule has 1 rings (SSSR count). The lowest BCUT2D eigenvalue weighted by atomic mass is 10.2. The van der Waals surface area contributed by atoms with Crippen molar-refractivity contribution in [3.63, 3.8) is 0 Å². The smallest absolute Gasteiger partial charge is 0.203 e. The van der Waals surface area contributed by atoms with Crippen LogP contribution >= 0.6 is 0 Å². The van der Waals surface area contributed by atoms with Crippen LogP contribution in [0.1, 0.15) is 19.0 Å². The quantitative estimate of drug-likeness (QED) is 0.752. The van der Waals surface area contributed by atoms with E-state index in [1.807, 2.05) is 13.1 Å². The largest absolute Gasteiger partial charge is 0.385 e. The number of methoxy groups -OCH3 is 2. The summed E-state index contributed by atoms with van der Waals surface area (Å²) in [5.41, 5.74) is 1.02. The van der Waals surface area contributed by atoms with E-state index in [2.05, 4.69) is 21.8 Å². The third-order valence-corrected chi connectivity index (χ3v) is 2.56. The highest BCUT2D eigenvalue weighted by atomic mass is 16.5. The maximum absolute atomic E-state index is 5.08. The first kappa shape index (κ1) is 14.0. The van der Waals surface area contributed by atoms with Crippen LogP contribution in [0, 0.1) is 6.92 Å². The van der Waals surface area contributed by atoms with Crippen molar-refractivity contribution in [1.82, 2.24) is 9.55 Å². The van der Waals surface area contributed by atoms with Gasteiger partial charge in [-0.15, -0.1) is 0 Å². The first-order valence-electron chi connectivity index (χ1n) is 5.95. The number of anilines is 1. The Morgan fingerprint density at radius 1 is 1.35 bits per heavy atom. The van der Waals surface area contributed by atoms with Gasteiger partial charge in [0.15, 0.2) is 0 Å². The highest BCUT2D eigenvalue weighted by molar-refractivity contribution is 5.29. The molecular formula is C12H23N3O2. The van der Waals surface area contributed by atoms with Gasteiger partial charge in [-0.05, 0) is 20.3 Å². The van der Waals surface area contributed by atoms with Gasteiger partial charge in [0.05, 0.1) is 12.3 Å². The average molecular weight is 241 g/mol. The molecule has 0 aliphatic rings. The summed E-state index contributed by atoms with van der Waals surface area (Å²) in [4.78, 5) is 4.47. The maximum atomic E-state index is 5.08. The SMILES string of the molecule is COCCC(C)Nc1nc(C)cn1CCOC. The lowest BCUT2D eigenvalue weighted by Crippen LogP contribution is -2.20. The van der Waals surface area contributed by atoms with Crippen LogP contribution < -0.4 is 5.32 Å². The van der Waals surface area contributed by atoms with Crippen LogP contribution in [0.2, 0.25) is 0 Å². The summed E-state index contributed by atoms with van der Waals surface area (Å²) in [6, 6.07) is 0.345. The molecule has 0 fully saturated rings. The minimum atomic E-state index is 0.345. The molecule has 0 spiro atoms. The lowest BCUT2D eigenvalue weighted by Gasteiger charge is -2.15. The lowest BCUT2D eigenvalue weighted by molar-refractivity contribution is 0.187. The van der Waals surface area contributed by atoms with E-state index in [4.69, 9.17) is 9.47 Å². The second-order valence-electron chi connectivity index (χ2n) is 4.22. The second-order valence-corrected chi connectivity index (χ2v) is 4.22. The summed E-state index contributed by atoms with van der Waals surface area (Å²) in [7, 11) is 3.43. The number of aromatic nitrogens is 2. The third kappa shape index (κ3) is 4.75. The van der Waals surface area contributed by atoms with Crippen molar-refractivity contribution in [3.8, 4) is 0 Å². The molecule has 0 saturated heterocycles. The molecule has 0 aliphatic carbocycles. The Labute approximate surface area is 103 Å². The average Bonchev–Trinajstić information content (AvgIpc) is 2.64. The van der Waals surface area contributed by atoms with Gasteiger partial charge in [0.2, 0.25) is 5.95 Å². The Morgan fingerprint density at radius 2 is 2.06 bits per heavy atom. The van der Waals surface area contributed by atoms with Crippen molar-refractivity contribution in [2.24, 2.45) is 0 Å². The summed E-state index contributed by atoms with van der Waals surface area (Å²) >= 11 is 0. The molecule has 98 valence electrons. The highest BCUT2D eigenvalue weighted by Crippen LogP contribution is 2.10. The van der Waals surface area contributed by atoms with Gasteiger partial charge in [0.1, 0.15) is 0 Å². The number of nitrogens with one attached hydrogen (secondary N) is 1. The van der Waals surface area contributed by atoms with Crippen molar-refractivity contribution >= 4 is 5.95 Å². The molecule has 0 radical (unpaired) electrons. The molecule has 1 N–H and O–H groups in total. The Hall–Kier alpha value is -1.07. The van der Waals surface area contributed by atoms with Crippen molar-refractivity contribution in [2.45, 2.75) is 32.9 Å². The van der Waals surface area contributed by atoms with Gasteiger partial charge in [-0.1, -0.05) is 0 Å². The van der Waals surface area contributed by atoms with E-state index in [-0.39, 0.29) is 0 Å². The normalized spacial score (nSPS) is 12.7. The molecule has 0 aliphatic heterocycles. The first-order valence-corrected chi connectivity index (χ1v) is 5.95. The zero-order chi connectivity index (χ0) is 12.7. The van der Waals surface area contributed by atoms with Crippen molar-refractivity contribution < 1.29 is 9.47 Å². The van der Waals surface area contributed by atoms with Gasteiger partial charge in [-0.25, -0.2) is 4.98 Å². The van der Waals surface area contributed by atoms with Crippen LogP contribution in [0.15, 0.2) is 6.20 Å². The van der Waals surface area contributed by atoms with E-state index in [1.165, 1.54) is 0 Å². The number of hydrogen-bond acceptors (Lipinski definition) is 4. The zero-order valence-electron chi connectivity index (χ0n) is 11.2. The standard InChI is InChI=1S/C12H23N3O2/c1-10(5-7-16-3)13-12-14-11(2)9-15(12)6-8-17-4/h9-10H,5-8H2,1-4H3,(H,13,14). The van der Waals surface area contributed by atoms with Crippen LogP contribution in [-0.4, -0.2) is 43.0 Å². The van der Waals surface area contributed by atoms with Crippen LogP contribution in [0.4, 0.5) is 5.95 Å². The maximum Gasteiger partial charge on any atom is 0.203 e.